The molecule has 1 aliphatic heterocycles. The van der Waals surface area contributed by atoms with Gasteiger partial charge in [-0.15, -0.1) is 0 Å². The Morgan fingerprint density at radius 1 is 1.03 bits per heavy atom. The quantitative estimate of drug-likeness (QED) is 0.461. The van der Waals surface area contributed by atoms with Crippen LogP contribution in [-0.2, 0) is 13.5 Å². The molecule has 178 valence electrons. The molecular formula is C28H29N5O2. The standard InChI is InChI=1S/C28H29N5O2/c1-32-16-13-26(31-32)27(34)30-25-9-3-2-8-23(25)28(35)33-15-5-6-20(12-17-33)18-21-10-11-24-22(19-21)7-4-14-29-24/h2-4,7-11,13-14,16,19-20H,5-6,12,15,17-18H2,1H3,(H,30,34)/t20-/m1/s1. The zero-order valence-electron chi connectivity index (χ0n) is 19.9. The average molecular weight is 468 g/mol. The van der Waals surface area contributed by atoms with Crippen LogP contribution in [0.15, 0.2) is 73.1 Å². The number of aryl methyl sites for hydroxylation is 1. The molecule has 1 N–H and O–H groups in total. The minimum atomic E-state index is -0.327. The van der Waals surface area contributed by atoms with Crippen molar-refractivity contribution in [2.75, 3.05) is 18.4 Å². The van der Waals surface area contributed by atoms with Gasteiger partial charge in [-0.05, 0) is 73.6 Å². The van der Waals surface area contributed by atoms with Crippen LogP contribution in [0.1, 0.15) is 45.7 Å². The lowest BCUT2D eigenvalue weighted by molar-refractivity contribution is 0.0761. The average Bonchev–Trinajstić information content (AvgIpc) is 3.18. The van der Waals surface area contributed by atoms with Crippen molar-refractivity contribution in [2.45, 2.75) is 25.7 Å². The number of amides is 2. The summed E-state index contributed by atoms with van der Waals surface area (Å²) in [5.41, 5.74) is 3.67. The van der Waals surface area contributed by atoms with Gasteiger partial charge >= 0.3 is 0 Å². The van der Waals surface area contributed by atoms with E-state index in [2.05, 4.69) is 39.7 Å². The highest BCUT2D eigenvalue weighted by Gasteiger charge is 2.24. The van der Waals surface area contributed by atoms with Gasteiger partial charge in [-0.25, -0.2) is 0 Å². The minimum Gasteiger partial charge on any atom is -0.339 e. The second kappa shape index (κ2) is 10.1. The monoisotopic (exact) mass is 467 g/mol. The fourth-order valence-corrected chi connectivity index (χ4v) is 4.83. The van der Waals surface area contributed by atoms with Gasteiger partial charge in [0, 0.05) is 37.9 Å². The molecule has 2 aromatic heterocycles. The zero-order valence-corrected chi connectivity index (χ0v) is 19.9. The van der Waals surface area contributed by atoms with Crippen LogP contribution in [0.3, 0.4) is 0 Å². The van der Waals surface area contributed by atoms with Crippen molar-refractivity contribution in [1.29, 1.82) is 0 Å². The molecule has 0 saturated carbocycles. The van der Waals surface area contributed by atoms with E-state index in [9.17, 15) is 9.59 Å². The number of carbonyl (C=O) groups is 2. The fraction of sp³-hybridized carbons (Fsp3) is 0.286. The third-order valence-electron chi connectivity index (χ3n) is 6.68. The normalized spacial score (nSPS) is 16.1. The van der Waals surface area contributed by atoms with E-state index in [0.717, 1.165) is 37.7 Å². The van der Waals surface area contributed by atoms with Gasteiger partial charge in [0.25, 0.3) is 11.8 Å². The first-order valence-electron chi connectivity index (χ1n) is 12.1. The Bertz CT molecular complexity index is 1360. The van der Waals surface area contributed by atoms with Crippen LogP contribution in [0.4, 0.5) is 5.69 Å². The first kappa shape index (κ1) is 22.8. The van der Waals surface area contributed by atoms with Crippen molar-refractivity contribution >= 4 is 28.4 Å². The van der Waals surface area contributed by atoms with Crippen molar-refractivity contribution in [2.24, 2.45) is 13.0 Å². The van der Waals surface area contributed by atoms with Gasteiger partial charge in [-0.1, -0.05) is 24.3 Å². The summed E-state index contributed by atoms with van der Waals surface area (Å²) < 4.78 is 1.58. The van der Waals surface area contributed by atoms with E-state index in [4.69, 9.17) is 0 Å². The molecule has 3 heterocycles. The predicted molar refractivity (Wildman–Crippen MR) is 136 cm³/mol. The number of rotatable bonds is 5. The minimum absolute atomic E-state index is 0.0423. The first-order valence-corrected chi connectivity index (χ1v) is 12.1. The Kier molecular flexibility index (Phi) is 6.57. The number of carbonyl (C=O) groups excluding carboxylic acids is 2. The van der Waals surface area contributed by atoms with Crippen LogP contribution in [-0.4, -0.2) is 44.6 Å². The summed E-state index contributed by atoms with van der Waals surface area (Å²) in [5, 5.41) is 8.18. The number of anilines is 1. The molecule has 0 spiro atoms. The van der Waals surface area contributed by atoms with Crippen LogP contribution in [0, 0.1) is 5.92 Å². The van der Waals surface area contributed by atoms with E-state index in [1.807, 2.05) is 29.3 Å². The third-order valence-corrected chi connectivity index (χ3v) is 6.68. The summed E-state index contributed by atoms with van der Waals surface area (Å²) in [7, 11) is 1.76. The lowest BCUT2D eigenvalue weighted by atomic mass is 9.92. The van der Waals surface area contributed by atoms with Crippen molar-refractivity contribution in [1.82, 2.24) is 19.7 Å². The van der Waals surface area contributed by atoms with Gasteiger partial charge in [-0.3, -0.25) is 19.3 Å². The molecule has 0 radical (unpaired) electrons. The molecule has 1 saturated heterocycles. The van der Waals surface area contributed by atoms with Gasteiger partial charge in [0.2, 0.25) is 0 Å². The largest absolute Gasteiger partial charge is 0.339 e. The molecule has 1 atom stereocenters. The first-order chi connectivity index (χ1) is 17.1. The number of nitrogens with one attached hydrogen (secondary N) is 1. The molecule has 0 aliphatic carbocycles. The van der Waals surface area contributed by atoms with E-state index < -0.39 is 0 Å². The maximum Gasteiger partial charge on any atom is 0.276 e. The van der Waals surface area contributed by atoms with Crippen LogP contribution in [0.2, 0.25) is 0 Å². The van der Waals surface area contributed by atoms with Gasteiger partial charge in [0.1, 0.15) is 0 Å². The zero-order chi connectivity index (χ0) is 24.2. The maximum atomic E-state index is 13.5. The number of nitrogens with zero attached hydrogens (tertiary/aromatic N) is 4. The fourth-order valence-electron chi connectivity index (χ4n) is 4.83. The van der Waals surface area contributed by atoms with Crippen LogP contribution < -0.4 is 5.32 Å². The second-order valence-corrected chi connectivity index (χ2v) is 9.20. The van der Waals surface area contributed by atoms with Crippen LogP contribution in [0.5, 0.6) is 0 Å². The highest BCUT2D eigenvalue weighted by molar-refractivity contribution is 6.08. The summed E-state index contributed by atoms with van der Waals surface area (Å²) >= 11 is 0. The summed E-state index contributed by atoms with van der Waals surface area (Å²) in [5.74, 6) is 0.160. The van der Waals surface area contributed by atoms with Gasteiger partial charge in [-0.2, -0.15) is 5.10 Å². The van der Waals surface area contributed by atoms with Gasteiger partial charge < -0.3 is 10.2 Å². The molecule has 2 amide bonds. The van der Waals surface area contributed by atoms with Crippen molar-refractivity contribution < 1.29 is 9.59 Å². The molecule has 1 aliphatic rings. The van der Waals surface area contributed by atoms with E-state index in [-0.39, 0.29) is 11.8 Å². The van der Waals surface area contributed by atoms with E-state index in [0.29, 0.717) is 29.4 Å². The molecule has 0 unspecified atom stereocenters. The highest BCUT2D eigenvalue weighted by Crippen LogP contribution is 2.26. The highest BCUT2D eigenvalue weighted by atomic mass is 16.2. The smallest absolute Gasteiger partial charge is 0.276 e. The van der Waals surface area contributed by atoms with E-state index in [1.165, 1.54) is 10.9 Å². The van der Waals surface area contributed by atoms with Crippen LogP contribution >= 0.6 is 0 Å². The Balaban J connectivity index is 1.25. The van der Waals surface area contributed by atoms with Crippen molar-refractivity contribution in [3.05, 3.63) is 89.9 Å². The van der Waals surface area contributed by atoms with Gasteiger partial charge in [0.05, 0.1) is 16.8 Å². The number of hydrogen-bond acceptors (Lipinski definition) is 4. The summed E-state index contributed by atoms with van der Waals surface area (Å²) in [4.78, 5) is 32.4. The molecule has 5 rings (SSSR count). The van der Waals surface area contributed by atoms with Crippen molar-refractivity contribution in [3.8, 4) is 0 Å². The number of hydrogen-bond donors (Lipinski definition) is 1. The number of para-hydroxylation sites is 1. The van der Waals surface area contributed by atoms with Gasteiger partial charge in [0.15, 0.2) is 5.69 Å². The van der Waals surface area contributed by atoms with Crippen LogP contribution in [0.25, 0.3) is 10.9 Å². The second-order valence-electron chi connectivity index (χ2n) is 9.20. The van der Waals surface area contributed by atoms with Crippen molar-refractivity contribution in [3.63, 3.8) is 0 Å². The molecule has 35 heavy (non-hydrogen) atoms. The molecule has 4 aromatic rings. The summed E-state index contributed by atoms with van der Waals surface area (Å²) in [6.07, 6.45) is 7.55. The predicted octanol–water partition coefficient (Wildman–Crippen LogP) is 4.71. The molecule has 7 heteroatoms. The van der Waals surface area contributed by atoms with E-state index >= 15 is 0 Å². The number of pyridine rings is 1. The Morgan fingerprint density at radius 3 is 2.77 bits per heavy atom. The Hall–Kier alpha value is -4.00. The Morgan fingerprint density at radius 2 is 1.91 bits per heavy atom. The molecule has 1 fully saturated rings. The summed E-state index contributed by atoms with van der Waals surface area (Å²) in [6, 6.07) is 19.4. The Labute approximate surface area is 204 Å². The molecule has 7 nitrogen and oxygen atoms in total. The number of fused-ring (bicyclic) bond motifs is 1. The SMILES string of the molecule is Cn1ccc(C(=O)Nc2ccccc2C(=O)N2CCC[C@@H](Cc3ccc4ncccc4c3)CC2)n1. The lowest BCUT2D eigenvalue weighted by Crippen LogP contribution is -2.33. The molecule has 0 bridgehead atoms. The number of aromatic nitrogens is 3. The topological polar surface area (TPSA) is 80.1 Å². The number of likely N-dealkylation sites (tertiary alicyclic amines) is 1. The number of benzene rings is 2. The van der Waals surface area contributed by atoms with E-state index in [1.54, 1.807) is 36.1 Å². The molecular weight excluding hydrogens is 438 g/mol. The lowest BCUT2D eigenvalue weighted by Gasteiger charge is -2.22. The summed E-state index contributed by atoms with van der Waals surface area (Å²) in [6.45, 7) is 1.43. The molecule has 2 aromatic carbocycles. The maximum absolute atomic E-state index is 13.5. The third kappa shape index (κ3) is 5.24.